The van der Waals surface area contributed by atoms with E-state index in [-0.39, 0.29) is 16.1 Å². The van der Waals surface area contributed by atoms with E-state index < -0.39 is 26.9 Å². The molecule has 150 valence electrons. The molecule has 0 bridgehead atoms. The molecule has 1 amide bonds. The van der Waals surface area contributed by atoms with Gasteiger partial charge >= 0.3 is 0 Å². The summed E-state index contributed by atoms with van der Waals surface area (Å²) in [4.78, 5) is 29.4. The van der Waals surface area contributed by atoms with Crippen molar-refractivity contribution in [1.82, 2.24) is 9.37 Å². The van der Waals surface area contributed by atoms with Crippen molar-refractivity contribution in [2.24, 2.45) is 0 Å². The summed E-state index contributed by atoms with van der Waals surface area (Å²) in [6.45, 7) is 1.73. The van der Waals surface area contributed by atoms with Crippen LogP contribution in [0.25, 0.3) is 0 Å². The number of nitrogens with zero attached hydrogens (tertiary/aromatic N) is 3. The van der Waals surface area contributed by atoms with Crippen molar-refractivity contribution >= 4 is 21.6 Å². The van der Waals surface area contributed by atoms with Crippen LogP contribution in [0.3, 0.4) is 0 Å². The van der Waals surface area contributed by atoms with E-state index in [0.29, 0.717) is 10.0 Å². The van der Waals surface area contributed by atoms with E-state index in [1.165, 1.54) is 55.5 Å². The molecule has 1 atom stereocenters. The molecule has 9 nitrogen and oxygen atoms in total. The van der Waals surface area contributed by atoms with Gasteiger partial charge in [-0.05, 0) is 30.7 Å². The van der Waals surface area contributed by atoms with Crippen molar-refractivity contribution in [1.29, 1.82) is 0 Å². The summed E-state index contributed by atoms with van der Waals surface area (Å²) < 4.78 is 25.5. The van der Waals surface area contributed by atoms with Gasteiger partial charge in [0.15, 0.2) is 0 Å². The topological polar surface area (TPSA) is 110 Å². The van der Waals surface area contributed by atoms with Gasteiger partial charge in [0.25, 0.3) is 21.6 Å². The third-order valence-corrected chi connectivity index (χ3v) is 6.11. The molecule has 0 saturated heterocycles. The highest BCUT2D eigenvalue weighted by atomic mass is 32.2. The first kappa shape index (κ1) is 21.5. The normalized spacial score (nSPS) is 12.6. The summed E-state index contributed by atoms with van der Waals surface area (Å²) in [6, 6.07) is 11.2. The van der Waals surface area contributed by atoms with E-state index in [4.69, 9.17) is 4.84 Å². The molecule has 0 unspecified atom stereocenters. The van der Waals surface area contributed by atoms with Crippen molar-refractivity contribution in [2.45, 2.75) is 17.9 Å². The van der Waals surface area contributed by atoms with Gasteiger partial charge in [0, 0.05) is 31.8 Å². The van der Waals surface area contributed by atoms with Crippen molar-refractivity contribution < 1.29 is 23.0 Å². The molecule has 0 spiro atoms. The van der Waals surface area contributed by atoms with E-state index in [9.17, 15) is 23.3 Å². The molecule has 0 saturated carbocycles. The molecular weight excluding hydrogens is 386 g/mol. The third-order valence-electron chi connectivity index (χ3n) is 4.44. The molecule has 0 N–H and O–H groups in total. The van der Waals surface area contributed by atoms with Crippen molar-refractivity contribution in [3.63, 3.8) is 0 Å². The first-order chi connectivity index (χ1) is 13.1. The molecular formula is C18H21N3O6S. The van der Waals surface area contributed by atoms with E-state index >= 15 is 0 Å². The third kappa shape index (κ3) is 4.35. The lowest BCUT2D eigenvalue weighted by molar-refractivity contribution is -0.384. The number of hydrogen-bond acceptors (Lipinski definition) is 6. The minimum Gasteiger partial charge on any atom is -0.335 e. The largest absolute Gasteiger partial charge is 0.335 e. The number of nitro benzene ring substituents is 1. The Balaban J connectivity index is 2.32. The van der Waals surface area contributed by atoms with Gasteiger partial charge in [0.1, 0.15) is 0 Å². The standard InChI is InChI=1S/C18H21N3O6S/c1-13(14-7-5-9-16(11-14)21(23)24)19(2)18(22)15-8-6-10-17(12-15)28(25,26)20(3)27-4/h5-13H,1-4H3/t13-/m1/s1. The number of benzene rings is 2. The zero-order valence-electron chi connectivity index (χ0n) is 15.9. The highest BCUT2D eigenvalue weighted by Gasteiger charge is 2.24. The monoisotopic (exact) mass is 407 g/mol. The van der Waals surface area contributed by atoms with Crippen molar-refractivity contribution in [3.8, 4) is 0 Å². The van der Waals surface area contributed by atoms with Crippen LogP contribution in [0.4, 0.5) is 5.69 Å². The molecule has 0 heterocycles. The number of carbonyl (C=O) groups is 1. The summed E-state index contributed by atoms with van der Waals surface area (Å²) in [6.07, 6.45) is 0. The van der Waals surface area contributed by atoms with Gasteiger partial charge in [0.2, 0.25) is 0 Å². The second-order valence-electron chi connectivity index (χ2n) is 6.07. The van der Waals surface area contributed by atoms with Crippen LogP contribution in [0.1, 0.15) is 28.9 Å². The Bertz CT molecular complexity index is 992. The van der Waals surface area contributed by atoms with Gasteiger partial charge in [-0.2, -0.15) is 0 Å². The molecule has 0 aliphatic carbocycles. The average Bonchev–Trinajstić information content (AvgIpc) is 2.71. The summed E-state index contributed by atoms with van der Waals surface area (Å²) in [5.74, 6) is -0.420. The number of hydrogen-bond donors (Lipinski definition) is 0. The summed E-state index contributed by atoms with van der Waals surface area (Å²) in [5.41, 5.74) is 0.694. The van der Waals surface area contributed by atoms with Gasteiger partial charge in [0.05, 0.1) is 23.0 Å². The van der Waals surface area contributed by atoms with Crippen LogP contribution in [0.2, 0.25) is 0 Å². The molecule has 2 aromatic rings. The zero-order valence-corrected chi connectivity index (χ0v) is 16.7. The number of carbonyl (C=O) groups excluding carboxylic acids is 1. The Morgan fingerprint density at radius 3 is 2.39 bits per heavy atom. The predicted molar refractivity (Wildman–Crippen MR) is 102 cm³/mol. The SMILES string of the molecule is CON(C)S(=O)(=O)c1cccc(C(=O)N(C)[C@H](C)c2cccc([N+](=O)[O-])c2)c1. The second kappa shape index (κ2) is 8.46. The minimum absolute atomic E-state index is 0.0686. The van der Waals surface area contributed by atoms with Crippen LogP contribution in [0.15, 0.2) is 53.4 Å². The van der Waals surface area contributed by atoms with Crippen LogP contribution < -0.4 is 0 Å². The van der Waals surface area contributed by atoms with Crippen LogP contribution >= 0.6 is 0 Å². The molecule has 0 aromatic heterocycles. The molecule has 2 aromatic carbocycles. The fourth-order valence-electron chi connectivity index (χ4n) is 2.54. The Kier molecular flexibility index (Phi) is 6.49. The average molecular weight is 407 g/mol. The molecule has 2 rings (SSSR count). The Morgan fingerprint density at radius 2 is 1.79 bits per heavy atom. The molecule has 0 aliphatic rings. The van der Waals surface area contributed by atoms with E-state index in [0.717, 1.165) is 0 Å². The number of nitro groups is 1. The first-order valence-corrected chi connectivity index (χ1v) is 9.68. The molecule has 0 radical (unpaired) electrons. The lowest BCUT2D eigenvalue weighted by Crippen LogP contribution is -2.30. The van der Waals surface area contributed by atoms with Crippen molar-refractivity contribution in [2.75, 3.05) is 21.2 Å². The first-order valence-electron chi connectivity index (χ1n) is 8.24. The van der Waals surface area contributed by atoms with E-state index in [2.05, 4.69) is 0 Å². The zero-order chi connectivity index (χ0) is 21.1. The molecule has 0 fully saturated rings. The summed E-state index contributed by atoms with van der Waals surface area (Å²) in [5, 5.41) is 11.0. The highest BCUT2D eigenvalue weighted by molar-refractivity contribution is 7.89. The Morgan fingerprint density at radius 1 is 1.14 bits per heavy atom. The Labute approximate surface area is 163 Å². The number of sulfonamides is 1. The summed E-state index contributed by atoms with van der Waals surface area (Å²) in [7, 11) is 0.131. The van der Waals surface area contributed by atoms with Crippen LogP contribution in [0.5, 0.6) is 0 Å². The summed E-state index contributed by atoms with van der Waals surface area (Å²) >= 11 is 0. The smallest absolute Gasteiger partial charge is 0.269 e. The Hall–Kier alpha value is -2.82. The van der Waals surface area contributed by atoms with Crippen molar-refractivity contribution in [3.05, 3.63) is 69.8 Å². The number of non-ortho nitro benzene ring substituents is 1. The number of amides is 1. The quantitative estimate of drug-likeness (QED) is 0.515. The number of hydroxylamine groups is 1. The maximum atomic E-state index is 12.8. The molecule has 28 heavy (non-hydrogen) atoms. The highest BCUT2D eigenvalue weighted by Crippen LogP contribution is 2.25. The lowest BCUT2D eigenvalue weighted by Gasteiger charge is -2.25. The lowest BCUT2D eigenvalue weighted by atomic mass is 10.1. The van der Waals surface area contributed by atoms with E-state index in [1.807, 2.05) is 0 Å². The van der Waals surface area contributed by atoms with E-state index in [1.54, 1.807) is 26.1 Å². The van der Waals surface area contributed by atoms with Gasteiger partial charge in [-0.25, -0.2) is 8.42 Å². The maximum absolute atomic E-state index is 12.8. The van der Waals surface area contributed by atoms with Gasteiger partial charge < -0.3 is 4.90 Å². The maximum Gasteiger partial charge on any atom is 0.269 e. The van der Waals surface area contributed by atoms with Crippen LogP contribution in [0, 0.1) is 10.1 Å². The predicted octanol–water partition coefficient (Wildman–Crippen LogP) is 2.61. The van der Waals surface area contributed by atoms with Crippen LogP contribution in [-0.4, -0.2) is 49.8 Å². The second-order valence-corrected chi connectivity index (χ2v) is 8.01. The fourth-order valence-corrected chi connectivity index (χ4v) is 3.56. The fraction of sp³-hybridized carbons (Fsp3) is 0.278. The van der Waals surface area contributed by atoms with Gasteiger partial charge in [-0.15, -0.1) is 0 Å². The number of rotatable bonds is 7. The molecule has 0 aliphatic heterocycles. The van der Waals surface area contributed by atoms with Gasteiger partial charge in [-0.3, -0.25) is 19.7 Å². The van der Waals surface area contributed by atoms with Crippen LogP contribution in [-0.2, 0) is 14.9 Å². The minimum atomic E-state index is -3.89. The van der Waals surface area contributed by atoms with Gasteiger partial charge in [-0.1, -0.05) is 22.7 Å². The molecule has 10 heteroatoms.